The first-order valence-corrected chi connectivity index (χ1v) is 16.3. The van der Waals surface area contributed by atoms with Crippen LogP contribution in [-0.2, 0) is 33.8 Å². The van der Waals surface area contributed by atoms with Crippen molar-refractivity contribution in [2.24, 2.45) is 0 Å². The average molecular weight is 643 g/mol. The monoisotopic (exact) mass is 642 g/mol. The molecule has 1 aromatic heterocycles. The van der Waals surface area contributed by atoms with E-state index in [0.29, 0.717) is 18.1 Å². The molecular weight excluding hydrogens is 610 g/mol. The van der Waals surface area contributed by atoms with Crippen LogP contribution in [-0.4, -0.2) is 47.5 Å². The van der Waals surface area contributed by atoms with Crippen LogP contribution in [0, 0.1) is 0 Å². The number of carbonyl (C=O) groups is 1. The lowest BCUT2D eigenvalue weighted by atomic mass is 9.93. The molecule has 0 unspecified atom stereocenters. The zero-order chi connectivity index (χ0) is 31.3. The Morgan fingerprint density at radius 1 is 1.09 bits per heavy atom. The van der Waals surface area contributed by atoms with Crippen LogP contribution < -0.4 is 10.2 Å². The van der Waals surface area contributed by atoms with Gasteiger partial charge in [-0.2, -0.15) is 13.5 Å². The minimum atomic E-state index is -4.04. The first kappa shape index (κ1) is 31.6. The maximum absolute atomic E-state index is 14.7. The van der Waals surface area contributed by atoms with Gasteiger partial charge >= 0.3 is 0 Å². The summed E-state index contributed by atoms with van der Waals surface area (Å²) in [6, 6.07) is 18.8. The molecule has 4 aromatic rings. The standard InChI is InChI=1S/C32H33ClF2N4O4S/c33-26-13-11-25(12-14-26)32(34,35)15-3-10-31(40)39-17-4-8-29-28(7-2-9-30(29)39)24-20-37-38(22-24)21-23-5-1-6-27(19-23)36-16-18-44(41,42)43/h1-2,5-7,9,11-14,19-20,22,36H,3-4,8,10,15-18,21H2,(H,41,42,43). The molecule has 8 nitrogen and oxygen atoms in total. The highest BCUT2D eigenvalue weighted by atomic mass is 35.5. The Bertz CT molecular complexity index is 1730. The van der Waals surface area contributed by atoms with Gasteiger partial charge in [0.1, 0.15) is 0 Å². The fraction of sp³-hybridized carbons (Fsp3) is 0.312. The second-order valence-electron chi connectivity index (χ2n) is 10.9. The Kier molecular flexibility index (Phi) is 9.67. The molecule has 232 valence electrons. The summed E-state index contributed by atoms with van der Waals surface area (Å²) in [5, 5.41) is 7.92. The van der Waals surface area contributed by atoms with Crippen molar-refractivity contribution in [1.29, 1.82) is 0 Å². The Labute approximate surface area is 260 Å². The third-order valence-electron chi connectivity index (χ3n) is 7.60. The van der Waals surface area contributed by atoms with E-state index in [9.17, 15) is 22.0 Å². The number of halogens is 3. The Hall–Kier alpha value is -3.80. The summed E-state index contributed by atoms with van der Waals surface area (Å²) in [7, 11) is -4.04. The largest absolute Gasteiger partial charge is 0.384 e. The lowest BCUT2D eigenvalue weighted by molar-refractivity contribution is -0.119. The number of fused-ring (bicyclic) bond motifs is 1. The van der Waals surface area contributed by atoms with Crippen LogP contribution in [0.1, 0.15) is 42.4 Å². The molecule has 0 fully saturated rings. The quantitative estimate of drug-likeness (QED) is 0.165. The molecule has 2 N–H and O–H groups in total. The number of aromatic nitrogens is 2. The lowest BCUT2D eigenvalue weighted by Gasteiger charge is -2.31. The van der Waals surface area contributed by atoms with E-state index >= 15 is 0 Å². The summed E-state index contributed by atoms with van der Waals surface area (Å²) in [4.78, 5) is 14.9. The number of amides is 1. The predicted octanol–water partition coefficient (Wildman–Crippen LogP) is 6.79. The predicted molar refractivity (Wildman–Crippen MR) is 168 cm³/mol. The van der Waals surface area contributed by atoms with Crippen molar-refractivity contribution < 1.29 is 26.5 Å². The van der Waals surface area contributed by atoms with Gasteiger partial charge in [0.2, 0.25) is 5.91 Å². The minimum absolute atomic E-state index is 0.0223. The molecule has 44 heavy (non-hydrogen) atoms. The molecule has 1 aliphatic heterocycles. The highest BCUT2D eigenvalue weighted by Crippen LogP contribution is 2.37. The summed E-state index contributed by atoms with van der Waals surface area (Å²) in [5.41, 5.74) is 5.28. The van der Waals surface area contributed by atoms with E-state index in [1.54, 1.807) is 15.8 Å². The van der Waals surface area contributed by atoms with Gasteiger partial charge < -0.3 is 10.2 Å². The van der Waals surface area contributed by atoms with Crippen molar-refractivity contribution in [1.82, 2.24) is 9.78 Å². The van der Waals surface area contributed by atoms with Gasteiger partial charge in [0.25, 0.3) is 16.0 Å². The van der Waals surface area contributed by atoms with Crippen LogP contribution in [0.15, 0.2) is 79.1 Å². The van der Waals surface area contributed by atoms with Gasteiger partial charge in [-0.25, -0.2) is 8.78 Å². The van der Waals surface area contributed by atoms with Gasteiger partial charge in [0.15, 0.2) is 0 Å². The lowest BCUT2D eigenvalue weighted by Crippen LogP contribution is -2.35. The van der Waals surface area contributed by atoms with Gasteiger partial charge in [-0.1, -0.05) is 48.0 Å². The molecule has 0 bridgehead atoms. The number of carbonyl (C=O) groups excluding carboxylic acids is 1. The fourth-order valence-corrected chi connectivity index (χ4v) is 5.96. The molecule has 1 amide bonds. The first-order chi connectivity index (χ1) is 21.0. The zero-order valence-electron chi connectivity index (χ0n) is 23.9. The summed E-state index contributed by atoms with van der Waals surface area (Å²) < 4.78 is 62.1. The third-order valence-corrected chi connectivity index (χ3v) is 8.58. The summed E-state index contributed by atoms with van der Waals surface area (Å²) >= 11 is 5.83. The number of nitrogens with one attached hydrogen (secondary N) is 1. The summed E-state index contributed by atoms with van der Waals surface area (Å²) in [5.74, 6) is -3.60. The van der Waals surface area contributed by atoms with E-state index in [1.165, 1.54) is 24.3 Å². The molecule has 2 heterocycles. The van der Waals surface area contributed by atoms with Crippen LogP contribution in [0.2, 0.25) is 5.02 Å². The molecular formula is C32H33ClF2N4O4S. The highest BCUT2D eigenvalue weighted by molar-refractivity contribution is 7.85. The number of hydrogen-bond acceptors (Lipinski definition) is 5. The van der Waals surface area contributed by atoms with Gasteiger partial charge in [-0.3, -0.25) is 14.0 Å². The molecule has 0 aliphatic carbocycles. The second kappa shape index (κ2) is 13.5. The molecule has 5 rings (SSSR count). The topological polar surface area (TPSA) is 105 Å². The van der Waals surface area contributed by atoms with Crippen LogP contribution in [0.3, 0.4) is 0 Å². The molecule has 0 saturated heterocycles. The van der Waals surface area contributed by atoms with E-state index in [4.69, 9.17) is 16.2 Å². The van der Waals surface area contributed by atoms with Crippen molar-refractivity contribution in [2.45, 2.75) is 44.6 Å². The Morgan fingerprint density at radius 2 is 1.86 bits per heavy atom. The van der Waals surface area contributed by atoms with Crippen molar-refractivity contribution in [3.05, 3.63) is 101 Å². The molecule has 12 heteroatoms. The van der Waals surface area contributed by atoms with Gasteiger partial charge in [-0.15, -0.1) is 0 Å². The van der Waals surface area contributed by atoms with E-state index in [0.717, 1.165) is 46.5 Å². The average Bonchev–Trinajstić information content (AvgIpc) is 3.44. The van der Waals surface area contributed by atoms with Gasteiger partial charge in [-0.05, 0) is 66.3 Å². The number of anilines is 2. The van der Waals surface area contributed by atoms with Crippen LogP contribution in [0.4, 0.5) is 20.2 Å². The number of alkyl halides is 2. The molecule has 0 atom stereocenters. The molecule has 0 spiro atoms. The van der Waals surface area contributed by atoms with E-state index in [1.807, 2.05) is 48.7 Å². The summed E-state index contributed by atoms with van der Waals surface area (Å²) in [6.07, 6.45) is 4.92. The fourth-order valence-electron chi connectivity index (χ4n) is 5.47. The Balaban J connectivity index is 1.24. The molecule has 3 aromatic carbocycles. The summed E-state index contributed by atoms with van der Waals surface area (Å²) in [6.45, 7) is 1.10. The smallest absolute Gasteiger partial charge is 0.273 e. The number of rotatable bonds is 12. The van der Waals surface area contributed by atoms with Gasteiger partial charge in [0, 0.05) is 59.7 Å². The second-order valence-corrected chi connectivity index (χ2v) is 12.9. The maximum Gasteiger partial charge on any atom is 0.273 e. The number of benzene rings is 3. The highest BCUT2D eigenvalue weighted by Gasteiger charge is 2.32. The van der Waals surface area contributed by atoms with Crippen molar-refractivity contribution in [2.75, 3.05) is 29.1 Å². The van der Waals surface area contributed by atoms with Crippen LogP contribution in [0.25, 0.3) is 11.1 Å². The van der Waals surface area contributed by atoms with Crippen LogP contribution in [0.5, 0.6) is 0 Å². The van der Waals surface area contributed by atoms with E-state index in [2.05, 4.69) is 10.4 Å². The number of nitrogens with zero attached hydrogens (tertiary/aromatic N) is 3. The third kappa shape index (κ3) is 8.02. The molecule has 0 saturated carbocycles. The minimum Gasteiger partial charge on any atom is -0.384 e. The maximum atomic E-state index is 14.7. The first-order valence-electron chi connectivity index (χ1n) is 14.4. The normalized spacial score (nSPS) is 13.5. The van der Waals surface area contributed by atoms with Crippen molar-refractivity contribution in [3.8, 4) is 11.1 Å². The zero-order valence-corrected chi connectivity index (χ0v) is 25.5. The van der Waals surface area contributed by atoms with E-state index in [-0.39, 0.29) is 36.6 Å². The van der Waals surface area contributed by atoms with Crippen molar-refractivity contribution in [3.63, 3.8) is 0 Å². The Morgan fingerprint density at radius 3 is 2.64 bits per heavy atom. The van der Waals surface area contributed by atoms with E-state index < -0.39 is 22.5 Å². The van der Waals surface area contributed by atoms with Crippen LogP contribution >= 0.6 is 11.6 Å². The molecule has 0 radical (unpaired) electrons. The van der Waals surface area contributed by atoms with Gasteiger partial charge in [0.05, 0.1) is 18.5 Å². The van der Waals surface area contributed by atoms with Crippen molar-refractivity contribution >= 4 is 39.0 Å². The molecule has 1 aliphatic rings. The number of hydrogen-bond donors (Lipinski definition) is 2. The SMILES string of the molecule is O=C(CCCC(F)(F)c1ccc(Cl)cc1)N1CCCc2c(-c3cnn(Cc4cccc(NCCS(=O)(=O)O)c4)c3)cccc21.